The van der Waals surface area contributed by atoms with Gasteiger partial charge in [0.05, 0.1) is 0 Å². The van der Waals surface area contributed by atoms with Crippen LogP contribution in [0.4, 0.5) is 0 Å². The fourth-order valence-corrected chi connectivity index (χ4v) is 2.09. The summed E-state index contributed by atoms with van der Waals surface area (Å²) in [6.07, 6.45) is 3.92. The second-order valence-corrected chi connectivity index (χ2v) is 4.95. The molecule has 3 nitrogen and oxygen atoms in total. The molecule has 1 saturated carbocycles. The van der Waals surface area contributed by atoms with Gasteiger partial charge in [0.15, 0.2) is 0 Å². The second-order valence-electron chi connectivity index (χ2n) is 4.95. The molecule has 0 spiro atoms. The Bertz CT molecular complexity index is 218. The van der Waals surface area contributed by atoms with Gasteiger partial charge in [-0.3, -0.25) is 4.79 Å². The van der Waals surface area contributed by atoms with Crippen LogP contribution in [0.2, 0.25) is 0 Å². The molecule has 4 unspecified atom stereocenters. The van der Waals surface area contributed by atoms with Gasteiger partial charge in [0.25, 0.3) is 0 Å². The Morgan fingerprint density at radius 1 is 1.47 bits per heavy atom. The fraction of sp³-hybridized carbons (Fsp3) is 0.917. The van der Waals surface area contributed by atoms with Crippen molar-refractivity contribution in [1.29, 1.82) is 0 Å². The molecule has 15 heavy (non-hydrogen) atoms. The third-order valence-corrected chi connectivity index (χ3v) is 3.71. The summed E-state index contributed by atoms with van der Waals surface area (Å²) in [6, 6.07) is 0.513. The van der Waals surface area contributed by atoms with Gasteiger partial charge in [-0.25, -0.2) is 0 Å². The number of carbonyl (C=O) groups is 1. The minimum Gasteiger partial charge on any atom is -0.353 e. The molecule has 0 aromatic carbocycles. The fourth-order valence-electron chi connectivity index (χ4n) is 2.09. The highest BCUT2D eigenvalue weighted by atomic mass is 16.1. The summed E-state index contributed by atoms with van der Waals surface area (Å²) >= 11 is 0. The van der Waals surface area contributed by atoms with Crippen molar-refractivity contribution in [2.75, 3.05) is 0 Å². The first-order chi connectivity index (χ1) is 7.04. The smallest absolute Gasteiger partial charge is 0.223 e. The van der Waals surface area contributed by atoms with E-state index in [-0.39, 0.29) is 23.9 Å². The number of hydrogen-bond donors (Lipinski definition) is 2. The Kier molecular flexibility index (Phi) is 4.58. The van der Waals surface area contributed by atoms with Crippen molar-refractivity contribution in [2.45, 2.75) is 58.5 Å². The van der Waals surface area contributed by atoms with Crippen LogP contribution in [0, 0.1) is 11.8 Å². The predicted molar refractivity (Wildman–Crippen MR) is 62.4 cm³/mol. The lowest BCUT2D eigenvalue weighted by Gasteiger charge is -2.21. The van der Waals surface area contributed by atoms with Gasteiger partial charge in [-0.1, -0.05) is 20.3 Å². The number of nitrogens with one attached hydrogen (secondary N) is 1. The normalized spacial score (nSPS) is 29.9. The van der Waals surface area contributed by atoms with Gasteiger partial charge in [-0.2, -0.15) is 0 Å². The summed E-state index contributed by atoms with van der Waals surface area (Å²) in [5, 5.41) is 3.10. The van der Waals surface area contributed by atoms with E-state index in [1.807, 2.05) is 0 Å². The maximum absolute atomic E-state index is 11.9. The Balaban J connectivity index is 2.35. The molecular weight excluding hydrogens is 188 g/mol. The van der Waals surface area contributed by atoms with Crippen molar-refractivity contribution < 1.29 is 4.79 Å². The lowest BCUT2D eigenvalue weighted by atomic mass is 9.99. The molecule has 4 atom stereocenters. The van der Waals surface area contributed by atoms with Crippen molar-refractivity contribution in [1.82, 2.24) is 5.32 Å². The first-order valence-electron chi connectivity index (χ1n) is 6.10. The molecule has 3 N–H and O–H groups in total. The van der Waals surface area contributed by atoms with Gasteiger partial charge < -0.3 is 11.1 Å². The summed E-state index contributed by atoms with van der Waals surface area (Å²) in [5.74, 6) is 0.909. The van der Waals surface area contributed by atoms with Crippen LogP contribution in [0.25, 0.3) is 0 Å². The Labute approximate surface area is 92.8 Å². The third kappa shape index (κ3) is 3.49. The minimum atomic E-state index is 0.159. The van der Waals surface area contributed by atoms with Crippen LogP contribution in [0.3, 0.4) is 0 Å². The Morgan fingerprint density at radius 2 is 2.13 bits per heavy atom. The zero-order chi connectivity index (χ0) is 11.4. The molecule has 1 amide bonds. The predicted octanol–water partition coefficient (Wildman–Crippen LogP) is 1.66. The topological polar surface area (TPSA) is 55.1 Å². The van der Waals surface area contributed by atoms with Crippen molar-refractivity contribution in [3.05, 3.63) is 0 Å². The average Bonchev–Trinajstić information content (AvgIpc) is 2.63. The van der Waals surface area contributed by atoms with Gasteiger partial charge in [0.2, 0.25) is 5.91 Å². The van der Waals surface area contributed by atoms with E-state index in [0.29, 0.717) is 5.92 Å². The van der Waals surface area contributed by atoms with E-state index in [2.05, 4.69) is 26.1 Å². The second kappa shape index (κ2) is 5.50. The molecule has 0 aromatic rings. The maximum Gasteiger partial charge on any atom is 0.223 e. The molecule has 0 aliphatic heterocycles. The van der Waals surface area contributed by atoms with Gasteiger partial charge in [0.1, 0.15) is 0 Å². The molecule has 1 rings (SSSR count). The van der Waals surface area contributed by atoms with Crippen molar-refractivity contribution in [3.8, 4) is 0 Å². The van der Waals surface area contributed by atoms with E-state index in [1.165, 1.54) is 0 Å². The van der Waals surface area contributed by atoms with E-state index in [4.69, 9.17) is 5.73 Å². The van der Waals surface area contributed by atoms with Crippen LogP contribution in [0.15, 0.2) is 0 Å². The SMILES string of the molecule is CCC(C)C(C)NC(=O)C1CCC(N)C1. The molecule has 0 radical (unpaired) electrons. The molecule has 0 bridgehead atoms. The zero-order valence-electron chi connectivity index (χ0n) is 10.1. The van der Waals surface area contributed by atoms with Crippen molar-refractivity contribution in [2.24, 2.45) is 17.6 Å². The zero-order valence-corrected chi connectivity index (χ0v) is 10.1. The summed E-state index contributed by atoms with van der Waals surface area (Å²) in [5.41, 5.74) is 5.80. The number of nitrogens with two attached hydrogens (primary N) is 1. The van der Waals surface area contributed by atoms with Crippen LogP contribution >= 0.6 is 0 Å². The van der Waals surface area contributed by atoms with E-state index < -0.39 is 0 Å². The van der Waals surface area contributed by atoms with E-state index in [9.17, 15) is 4.79 Å². The monoisotopic (exact) mass is 212 g/mol. The molecular formula is C12H24N2O. The van der Waals surface area contributed by atoms with Crippen molar-refractivity contribution in [3.63, 3.8) is 0 Å². The first kappa shape index (κ1) is 12.5. The van der Waals surface area contributed by atoms with Crippen molar-refractivity contribution >= 4 is 5.91 Å². The molecule has 0 saturated heterocycles. The van der Waals surface area contributed by atoms with Gasteiger partial charge in [0, 0.05) is 18.0 Å². The van der Waals surface area contributed by atoms with Crippen LogP contribution in [0.5, 0.6) is 0 Å². The molecule has 1 fully saturated rings. The Morgan fingerprint density at radius 3 is 2.60 bits per heavy atom. The molecule has 88 valence electrons. The third-order valence-electron chi connectivity index (χ3n) is 3.71. The van der Waals surface area contributed by atoms with E-state index in [0.717, 1.165) is 25.7 Å². The minimum absolute atomic E-state index is 0.159. The average molecular weight is 212 g/mol. The van der Waals surface area contributed by atoms with Gasteiger partial charge in [-0.05, 0) is 32.1 Å². The highest BCUT2D eigenvalue weighted by Gasteiger charge is 2.28. The standard InChI is InChI=1S/C12H24N2O/c1-4-8(2)9(3)14-12(15)10-5-6-11(13)7-10/h8-11H,4-7,13H2,1-3H3,(H,14,15). The molecule has 3 heteroatoms. The number of hydrogen-bond acceptors (Lipinski definition) is 2. The highest BCUT2D eigenvalue weighted by molar-refractivity contribution is 5.79. The quantitative estimate of drug-likeness (QED) is 0.744. The lowest BCUT2D eigenvalue weighted by Crippen LogP contribution is -2.40. The van der Waals surface area contributed by atoms with E-state index in [1.54, 1.807) is 0 Å². The lowest BCUT2D eigenvalue weighted by molar-refractivity contribution is -0.125. The maximum atomic E-state index is 11.9. The molecule has 1 aliphatic rings. The van der Waals surface area contributed by atoms with Crippen LogP contribution in [-0.4, -0.2) is 18.0 Å². The summed E-state index contributed by atoms with van der Waals surface area (Å²) in [7, 11) is 0. The molecule has 0 aromatic heterocycles. The van der Waals surface area contributed by atoms with Crippen LogP contribution < -0.4 is 11.1 Å². The van der Waals surface area contributed by atoms with E-state index >= 15 is 0 Å². The summed E-state index contributed by atoms with van der Waals surface area (Å²) in [6.45, 7) is 6.41. The number of rotatable bonds is 4. The van der Waals surface area contributed by atoms with Crippen LogP contribution in [0.1, 0.15) is 46.5 Å². The van der Waals surface area contributed by atoms with Crippen LogP contribution in [-0.2, 0) is 4.79 Å². The summed E-state index contributed by atoms with van der Waals surface area (Å²) < 4.78 is 0. The Hall–Kier alpha value is -0.570. The molecule has 1 aliphatic carbocycles. The van der Waals surface area contributed by atoms with Gasteiger partial charge in [-0.15, -0.1) is 0 Å². The summed E-state index contributed by atoms with van der Waals surface area (Å²) in [4.78, 5) is 11.9. The highest BCUT2D eigenvalue weighted by Crippen LogP contribution is 2.24. The molecule has 0 heterocycles. The largest absolute Gasteiger partial charge is 0.353 e. The first-order valence-corrected chi connectivity index (χ1v) is 6.10. The van der Waals surface area contributed by atoms with Gasteiger partial charge >= 0.3 is 0 Å². The number of amides is 1. The number of carbonyl (C=O) groups excluding carboxylic acids is 1.